The Labute approximate surface area is 216 Å². The number of nitrogens with one attached hydrogen (secondary N) is 2. The quantitative estimate of drug-likeness (QED) is 0.214. The van der Waals surface area contributed by atoms with Gasteiger partial charge in [0.15, 0.2) is 5.96 Å². The summed E-state index contributed by atoms with van der Waals surface area (Å²) in [7, 11) is 0. The molecule has 0 aromatic heterocycles. The van der Waals surface area contributed by atoms with Gasteiger partial charge in [-0.2, -0.15) is 0 Å². The van der Waals surface area contributed by atoms with Gasteiger partial charge in [-0.15, -0.1) is 24.0 Å². The summed E-state index contributed by atoms with van der Waals surface area (Å²) < 4.78 is 11.0. The minimum absolute atomic E-state index is 0. The van der Waals surface area contributed by atoms with Gasteiger partial charge < -0.3 is 25.0 Å². The van der Waals surface area contributed by atoms with Gasteiger partial charge in [0, 0.05) is 44.4 Å². The number of carbonyl (C=O) groups is 1. The van der Waals surface area contributed by atoms with Gasteiger partial charge in [-0.1, -0.05) is 30.3 Å². The zero-order chi connectivity index (χ0) is 22.8. The van der Waals surface area contributed by atoms with Crippen LogP contribution in [0.25, 0.3) is 0 Å². The summed E-state index contributed by atoms with van der Waals surface area (Å²) >= 11 is 0. The first-order valence-electron chi connectivity index (χ1n) is 12.2. The van der Waals surface area contributed by atoms with Crippen molar-refractivity contribution in [2.75, 3.05) is 46.0 Å². The largest absolute Gasteiger partial charge is 0.466 e. The second kappa shape index (κ2) is 14.1. The Hall–Kier alpha value is -1.39. The molecule has 7 nitrogen and oxygen atoms in total. The van der Waals surface area contributed by atoms with E-state index in [0.29, 0.717) is 19.7 Å². The first-order chi connectivity index (χ1) is 15.6. The third-order valence-corrected chi connectivity index (χ3v) is 6.48. The molecular formula is C25H41IN4O3. The van der Waals surface area contributed by atoms with Gasteiger partial charge in [0.1, 0.15) is 0 Å². The van der Waals surface area contributed by atoms with Gasteiger partial charge >= 0.3 is 5.97 Å². The molecule has 0 amide bonds. The minimum Gasteiger partial charge on any atom is -0.466 e. The van der Waals surface area contributed by atoms with Crippen LogP contribution in [0.2, 0.25) is 0 Å². The predicted molar refractivity (Wildman–Crippen MR) is 143 cm³/mol. The molecule has 1 aromatic rings. The highest BCUT2D eigenvalue weighted by molar-refractivity contribution is 14.0. The maximum atomic E-state index is 12.3. The number of hydrogen-bond acceptors (Lipinski definition) is 5. The molecule has 2 unspecified atom stereocenters. The summed E-state index contributed by atoms with van der Waals surface area (Å²) in [6.45, 7) is 11.1. The van der Waals surface area contributed by atoms with Crippen molar-refractivity contribution >= 4 is 35.9 Å². The average molecular weight is 573 g/mol. The molecular weight excluding hydrogens is 531 g/mol. The standard InChI is InChI=1S/C25H40N4O3.HI/c1-4-26-24(29-15-9-12-22(18-29)23(30)32-5-2)27-19-25(13-16-31-17-14-25)28-20(3)21-10-7-6-8-11-21;/h6-8,10-11,20,22,28H,4-5,9,12-19H2,1-3H3,(H,26,27);1H. The number of piperidine rings is 1. The minimum atomic E-state index is -0.107. The second-order valence-electron chi connectivity index (χ2n) is 8.88. The molecule has 2 aliphatic heterocycles. The van der Waals surface area contributed by atoms with Gasteiger partial charge in [-0.25, -0.2) is 0 Å². The fraction of sp³-hybridized carbons (Fsp3) is 0.680. The van der Waals surface area contributed by atoms with E-state index in [1.807, 2.05) is 6.92 Å². The fourth-order valence-corrected chi connectivity index (χ4v) is 4.67. The molecule has 0 bridgehead atoms. The number of likely N-dealkylation sites (tertiary alicyclic amines) is 1. The van der Waals surface area contributed by atoms with Crippen molar-refractivity contribution in [3.63, 3.8) is 0 Å². The van der Waals surface area contributed by atoms with Crippen LogP contribution >= 0.6 is 24.0 Å². The van der Waals surface area contributed by atoms with Crippen LogP contribution in [-0.4, -0.2) is 68.4 Å². The maximum Gasteiger partial charge on any atom is 0.310 e. The molecule has 0 radical (unpaired) electrons. The number of rotatable bonds is 8. The molecule has 2 heterocycles. The van der Waals surface area contributed by atoms with Crippen molar-refractivity contribution in [1.82, 2.24) is 15.5 Å². The molecule has 2 fully saturated rings. The highest BCUT2D eigenvalue weighted by atomic mass is 127. The number of hydrogen-bond donors (Lipinski definition) is 2. The summed E-state index contributed by atoms with van der Waals surface area (Å²) in [4.78, 5) is 19.6. The lowest BCUT2D eigenvalue weighted by Gasteiger charge is -2.40. The van der Waals surface area contributed by atoms with E-state index in [4.69, 9.17) is 14.5 Å². The number of carbonyl (C=O) groups excluding carboxylic acids is 1. The summed E-state index contributed by atoms with van der Waals surface area (Å²) in [5.74, 6) is 0.717. The number of guanidine groups is 1. The number of aliphatic imine (C=N–C) groups is 1. The maximum absolute atomic E-state index is 12.3. The molecule has 2 N–H and O–H groups in total. The smallest absolute Gasteiger partial charge is 0.310 e. The molecule has 2 aliphatic rings. The lowest BCUT2D eigenvalue weighted by molar-refractivity contribution is -0.149. The second-order valence-corrected chi connectivity index (χ2v) is 8.88. The fourth-order valence-electron chi connectivity index (χ4n) is 4.67. The number of nitrogens with zero attached hydrogens (tertiary/aromatic N) is 2. The molecule has 1 aromatic carbocycles. The average Bonchev–Trinajstić information content (AvgIpc) is 2.83. The zero-order valence-corrected chi connectivity index (χ0v) is 22.7. The first kappa shape index (κ1) is 27.9. The summed E-state index contributed by atoms with van der Waals surface area (Å²) in [5.41, 5.74) is 1.17. The van der Waals surface area contributed by atoms with Crippen molar-refractivity contribution in [2.45, 2.75) is 58.0 Å². The van der Waals surface area contributed by atoms with E-state index in [1.54, 1.807) is 0 Å². The van der Waals surface area contributed by atoms with Crippen LogP contribution < -0.4 is 10.6 Å². The van der Waals surface area contributed by atoms with Gasteiger partial charge in [-0.05, 0) is 52.0 Å². The Morgan fingerprint density at radius 1 is 1.27 bits per heavy atom. The van der Waals surface area contributed by atoms with Crippen molar-refractivity contribution in [3.05, 3.63) is 35.9 Å². The Kier molecular flexibility index (Phi) is 11.9. The van der Waals surface area contributed by atoms with E-state index in [-0.39, 0.29) is 47.4 Å². The van der Waals surface area contributed by atoms with Crippen molar-refractivity contribution < 1.29 is 14.3 Å². The first-order valence-corrected chi connectivity index (χ1v) is 12.2. The molecule has 186 valence electrons. The van der Waals surface area contributed by atoms with Gasteiger partial charge in [0.2, 0.25) is 0 Å². The van der Waals surface area contributed by atoms with E-state index in [9.17, 15) is 4.79 Å². The summed E-state index contributed by atoms with van der Waals surface area (Å²) in [6, 6.07) is 10.8. The number of halogens is 1. The van der Waals surface area contributed by atoms with Crippen LogP contribution in [0.3, 0.4) is 0 Å². The topological polar surface area (TPSA) is 75.2 Å². The molecule has 0 saturated carbocycles. The van der Waals surface area contributed by atoms with Crippen LogP contribution in [0.5, 0.6) is 0 Å². The molecule has 3 rings (SSSR count). The predicted octanol–water partition coefficient (Wildman–Crippen LogP) is 3.75. The molecule has 2 saturated heterocycles. The SMILES string of the molecule is CCNC(=NCC1(NC(C)c2ccccc2)CCOCC1)N1CCCC(C(=O)OCC)C1.I. The Bertz CT molecular complexity index is 740. The van der Waals surface area contributed by atoms with Gasteiger partial charge in [0.25, 0.3) is 0 Å². The van der Waals surface area contributed by atoms with E-state index in [0.717, 1.165) is 57.9 Å². The molecule has 0 aliphatic carbocycles. The van der Waals surface area contributed by atoms with Crippen molar-refractivity contribution in [1.29, 1.82) is 0 Å². The van der Waals surface area contributed by atoms with Crippen LogP contribution in [0, 0.1) is 5.92 Å². The van der Waals surface area contributed by atoms with Crippen molar-refractivity contribution in [2.24, 2.45) is 10.9 Å². The third kappa shape index (κ3) is 8.10. The molecule has 33 heavy (non-hydrogen) atoms. The third-order valence-electron chi connectivity index (χ3n) is 6.48. The molecule has 2 atom stereocenters. The molecule has 0 spiro atoms. The number of ether oxygens (including phenoxy) is 2. The normalized spacial score (nSPS) is 21.6. The summed E-state index contributed by atoms with van der Waals surface area (Å²) in [5, 5.41) is 7.34. The van der Waals surface area contributed by atoms with Crippen LogP contribution in [0.1, 0.15) is 58.1 Å². The highest BCUT2D eigenvalue weighted by Gasteiger charge is 2.35. The van der Waals surface area contributed by atoms with Crippen LogP contribution in [0.15, 0.2) is 35.3 Å². The lowest BCUT2D eigenvalue weighted by atomic mass is 9.88. The lowest BCUT2D eigenvalue weighted by Crippen LogP contribution is -2.54. The van der Waals surface area contributed by atoms with Gasteiger partial charge in [0.05, 0.1) is 19.1 Å². The number of benzene rings is 1. The monoisotopic (exact) mass is 572 g/mol. The zero-order valence-electron chi connectivity index (χ0n) is 20.3. The van der Waals surface area contributed by atoms with Crippen LogP contribution in [0.4, 0.5) is 0 Å². The Morgan fingerprint density at radius 3 is 2.67 bits per heavy atom. The number of esters is 1. The van der Waals surface area contributed by atoms with E-state index in [1.165, 1.54) is 5.56 Å². The Balaban J connectivity index is 0.00000385. The Morgan fingerprint density at radius 2 is 2.00 bits per heavy atom. The highest BCUT2D eigenvalue weighted by Crippen LogP contribution is 2.26. The van der Waals surface area contributed by atoms with Crippen LogP contribution in [-0.2, 0) is 14.3 Å². The summed E-state index contributed by atoms with van der Waals surface area (Å²) in [6.07, 6.45) is 3.71. The van der Waals surface area contributed by atoms with Crippen molar-refractivity contribution in [3.8, 4) is 0 Å². The van der Waals surface area contributed by atoms with E-state index < -0.39 is 0 Å². The van der Waals surface area contributed by atoms with Gasteiger partial charge in [-0.3, -0.25) is 9.79 Å². The van der Waals surface area contributed by atoms with E-state index >= 15 is 0 Å². The molecule has 8 heteroatoms. The van der Waals surface area contributed by atoms with E-state index in [2.05, 4.69) is 59.7 Å².